The third-order valence-electron chi connectivity index (χ3n) is 12.4. The molecule has 0 spiro atoms. The van der Waals surface area contributed by atoms with Gasteiger partial charge in [0.25, 0.3) is 11.8 Å². The van der Waals surface area contributed by atoms with Crippen molar-refractivity contribution >= 4 is 76.1 Å². The minimum absolute atomic E-state index is 0.0490. The first-order chi connectivity index (χ1) is 33.1. The van der Waals surface area contributed by atoms with E-state index in [4.69, 9.17) is 0 Å². The van der Waals surface area contributed by atoms with Gasteiger partial charge >= 0.3 is 13.3 Å². The Labute approximate surface area is 405 Å². The van der Waals surface area contributed by atoms with E-state index in [1.54, 1.807) is 57.2 Å². The lowest BCUT2D eigenvalue weighted by Crippen LogP contribution is -2.58. The summed E-state index contributed by atoms with van der Waals surface area (Å²) in [5.74, 6) is 2.92. The molecule has 0 saturated carbocycles. The fourth-order valence-electron chi connectivity index (χ4n) is 8.67. The molecular formula is C49H50F2N7O10PS. The topological polar surface area (TPSA) is 247 Å². The molecular weight excluding hydrogens is 948 g/mol. The number of nitriles is 1. The summed E-state index contributed by atoms with van der Waals surface area (Å²) in [4.78, 5) is 116. The van der Waals surface area contributed by atoms with Gasteiger partial charge in [0.2, 0.25) is 29.5 Å². The van der Waals surface area contributed by atoms with Crippen LogP contribution in [0.2, 0.25) is 0 Å². The molecule has 0 aliphatic carbocycles. The lowest BCUT2D eigenvalue weighted by molar-refractivity contribution is -0.141. The van der Waals surface area contributed by atoms with Crippen molar-refractivity contribution in [1.29, 1.82) is 5.26 Å². The fraction of sp³-hybridized carbons (Fsp3) is 0.388. The second kappa shape index (κ2) is 20.6. The van der Waals surface area contributed by atoms with Gasteiger partial charge in [0.15, 0.2) is 0 Å². The summed E-state index contributed by atoms with van der Waals surface area (Å²) in [6.07, 6.45) is 1.86. The number of nitrogens with one attached hydrogen (secondary N) is 3. The Bertz CT molecular complexity index is 2950. The highest BCUT2D eigenvalue weighted by Gasteiger charge is 2.50. The number of alkyl halides is 2. The summed E-state index contributed by atoms with van der Waals surface area (Å²) in [6, 6.07) is 14.9. The summed E-state index contributed by atoms with van der Waals surface area (Å²) in [6.45, 7) is 5.72. The Balaban J connectivity index is 0.979. The van der Waals surface area contributed by atoms with Crippen LogP contribution in [0.1, 0.15) is 108 Å². The molecule has 2 unspecified atom stereocenters. The number of unbranched alkanes of at least 4 members (excludes halogenated alkanes) is 1. The molecule has 0 bridgehead atoms. The highest BCUT2D eigenvalue weighted by Crippen LogP contribution is 2.59. The number of nitrogens with zero attached hydrogens (tertiary/aromatic N) is 4. The molecule has 3 atom stereocenters. The molecule has 7 rings (SSSR count). The number of piperidine rings is 1. The molecule has 5 N–H and O–H groups in total. The minimum Gasteiger partial charge on any atom is -0.356 e. The van der Waals surface area contributed by atoms with Crippen LogP contribution in [-0.4, -0.2) is 98.7 Å². The average molecular weight is 998 g/mol. The zero-order valence-electron chi connectivity index (χ0n) is 38.4. The number of hydrogen-bond acceptors (Lipinski definition) is 10. The highest BCUT2D eigenvalue weighted by molar-refractivity contribution is 7.52. The van der Waals surface area contributed by atoms with Gasteiger partial charge in [-0.05, 0) is 90.6 Å². The third kappa shape index (κ3) is 11.0. The predicted molar refractivity (Wildman–Crippen MR) is 253 cm³/mol. The monoisotopic (exact) mass is 997 g/mol. The molecule has 7 amide bonds. The van der Waals surface area contributed by atoms with Crippen LogP contribution in [0.3, 0.4) is 0 Å². The standard InChI is InChI=1S/C49H50F2N7O10PS/c1-48(2,3)42(55-44(62)39-26-31-25-32(16-18-38(31)70-39)49(50,51)69(66,67)68)47(65)57-22-9-15-37(57)46(64)56(33-13-7-10-29(24-33)27-52)23-20-40(59)53-21-6-4-5-11-30-12-8-14-34-35(30)28-58(45(34)63)36-17-19-41(60)54-43(36)61/h7-8,10,12-14,16,18,24-26,36-37,42H,4,6,9,15,17,19-23,28H2,1-3H3,(H,53,59)(H,55,62)(H,54,60,61)(H2,66,67,68)/t36?,37-,42?/m0/s1. The zero-order chi connectivity index (χ0) is 50.7. The van der Waals surface area contributed by atoms with Gasteiger partial charge in [-0.2, -0.15) is 14.0 Å². The largest absolute Gasteiger partial charge is 0.399 e. The second-order valence-corrected chi connectivity index (χ2v) is 21.0. The van der Waals surface area contributed by atoms with Gasteiger partial charge in [0.1, 0.15) is 18.1 Å². The Kier molecular flexibility index (Phi) is 15.0. The minimum atomic E-state index is -5.84. The number of amides is 7. The molecule has 3 aliphatic heterocycles. The second-order valence-electron chi connectivity index (χ2n) is 18.3. The third-order valence-corrected chi connectivity index (χ3v) is 14.5. The van der Waals surface area contributed by atoms with E-state index >= 15 is 0 Å². The number of thiophene rings is 1. The molecule has 3 aliphatic rings. The van der Waals surface area contributed by atoms with Crippen molar-refractivity contribution < 1.29 is 56.7 Å². The summed E-state index contributed by atoms with van der Waals surface area (Å²) in [5, 5.41) is 17.7. The summed E-state index contributed by atoms with van der Waals surface area (Å²) >= 11 is 0.936. The van der Waals surface area contributed by atoms with E-state index in [1.165, 1.54) is 32.9 Å². The molecule has 4 aromatic rings. The smallest absolute Gasteiger partial charge is 0.356 e. The Morgan fingerprint density at radius 3 is 2.50 bits per heavy atom. The normalized spacial score (nSPS) is 17.5. The highest BCUT2D eigenvalue weighted by atomic mass is 32.1. The average Bonchev–Trinajstić information content (AvgIpc) is 4.06. The van der Waals surface area contributed by atoms with Crippen LogP contribution in [0.25, 0.3) is 10.1 Å². The molecule has 4 heterocycles. The van der Waals surface area contributed by atoms with Crippen LogP contribution in [0.15, 0.2) is 66.7 Å². The molecule has 0 radical (unpaired) electrons. The maximum absolute atomic E-state index is 14.6. The van der Waals surface area contributed by atoms with Gasteiger partial charge in [-0.25, -0.2) is 0 Å². The maximum Gasteiger partial charge on any atom is 0.399 e. The van der Waals surface area contributed by atoms with Crippen molar-refractivity contribution in [2.75, 3.05) is 24.5 Å². The Morgan fingerprint density at radius 1 is 1.03 bits per heavy atom. The van der Waals surface area contributed by atoms with Gasteiger partial charge < -0.3 is 35.1 Å². The van der Waals surface area contributed by atoms with Crippen molar-refractivity contribution in [2.45, 2.75) is 96.1 Å². The number of anilines is 1. The van der Waals surface area contributed by atoms with E-state index in [-0.39, 0.29) is 85.4 Å². The van der Waals surface area contributed by atoms with Crippen molar-refractivity contribution in [3.8, 4) is 17.9 Å². The Morgan fingerprint density at radius 2 is 1.79 bits per heavy atom. The van der Waals surface area contributed by atoms with Gasteiger partial charge in [-0.1, -0.05) is 50.8 Å². The number of halogens is 2. The van der Waals surface area contributed by atoms with E-state index in [9.17, 15) is 62.0 Å². The van der Waals surface area contributed by atoms with E-state index in [0.717, 1.165) is 23.5 Å². The number of fused-ring (bicyclic) bond motifs is 2. The number of carbonyl (C=O) groups is 7. The molecule has 3 aromatic carbocycles. The lowest BCUT2D eigenvalue weighted by Gasteiger charge is -2.36. The number of carbonyl (C=O) groups excluding carboxylic acids is 7. The molecule has 1 aromatic heterocycles. The molecule has 21 heteroatoms. The van der Waals surface area contributed by atoms with Crippen molar-refractivity contribution in [3.63, 3.8) is 0 Å². The van der Waals surface area contributed by atoms with E-state index < -0.39 is 66.0 Å². The van der Waals surface area contributed by atoms with Crippen LogP contribution >= 0.6 is 18.9 Å². The summed E-state index contributed by atoms with van der Waals surface area (Å²) < 4.78 is 40.9. The first kappa shape index (κ1) is 51.0. The van der Waals surface area contributed by atoms with Crippen LogP contribution in [0.5, 0.6) is 0 Å². The maximum atomic E-state index is 14.6. The van der Waals surface area contributed by atoms with E-state index in [2.05, 4.69) is 33.9 Å². The van der Waals surface area contributed by atoms with Crippen molar-refractivity contribution in [1.82, 2.24) is 25.8 Å². The first-order valence-electron chi connectivity index (χ1n) is 22.5. The van der Waals surface area contributed by atoms with Crippen LogP contribution in [0, 0.1) is 28.6 Å². The fourth-order valence-corrected chi connectivity index (χ4v) is 10.1. The quantitative estimate of drug-likeness (QED) is 0.0472. The van der Waals surface area contributed by atoms with Gasteiger partial charge in [0, 0.05) is 72.5 Å². The molecule has 2 saturated heterocycles. The van der Waals surface area contributed by atoms with Crippen molar-refractivity contribution in [3.05, 3.63) is 99.4 Å². The van der Waals surface area contributed by atoms with Crippen molar-refractivity contribution in [2.24, 2.45) is 5.41 Å². The van der Waals surface area contributed by atoms with Gasteiger partial charge in [-0.3, -0.25) is 43.4 Å². The molecule has 366 valence electrons. The number of benzene rings is 3. The summed E-state index contributed by atoms with van der Waals surface area (Å²) in [5.41, 5.74) is -3.87. The SMILES string of the molecule is CC(C)(C)C(NC(=O)c1cc2cc(C(F)(F)P(=O)(O)O)ccc2s1)C(=O)N1CCC[C@H]1C(=O)N(CCC(=O)NCCCC#Cc1cccc2c1CN(C1CCC(=O)NC1=O)C2=O)c1cccc(C#N)c1. The Hall–Kier alpha value is -6.83. The van der Waals surface area contributed by atoms with Gasteiger partial charge in [0.05, 0.1) is 16.5 Å². The van der Waals surface area contributed by atoms with Crippen LogP contribution in [-0.2, 0) is 40.7 Å². The zero-order valence-corrected chi connectivity index (χ0v) is 40.1. The van der Waals surface area contributed by atoms with Crippen LogP contribution in [0.4, 0.5) is 14.5 Å². The number of rotatable bonds is 14. The summed E-state index contributed by atoms with van der Waals surface area (Å²) in [7, 11) is -5.84. The lowest BCUT2D eigenvalue weighted by atomic mass is 9.85. The van der Waals surface area contributed by atoms with E-state index in [1.807, 2.05) is 0 Å². The van der Waals surface area contributed by atoms with Gasteiger partial charge in [-0.15, -0.1) is 11.3 Å². The number of hydrogen-bond donors (Lipinski definition) is 5. The molecule has 2 fully saturated rings. The van der Waals surface area contributed by atoms with Crippen LogP contribution < -0.4 is 20.9 Å². The number of imide groups is 1. The van der Waals surface area contributed by atoms with E-state index in [0.29, 0.717) is 46.3 Å². The molecule has 70 heavy (non-hydrogen) atoms. The first-order valence-corrected chi connectivity index (χ1v) is 24.9. The number of likely N-dealkylation sites (tertiary alicyclic amines) is 1. The predicted octanol–water partition coefficient (Wildman–Crippen LogP) is 5.27. The molecule has 17 nitrogen and oxygen atoms in total.